The van der Waals surface area contributed by atoms with Crippen molar-refractivity contribution in [1.82, 2.24) is 10.2 Å². The summed E-state index contributed by atoms with van der Waals surface area (Å²) in [6.07, 6.45) is 0. The first-order valence-corrected chi connectivity index (χ1v) is 6.00. The van der Waals surface area contributed by atoms with Crippen molar-refractivity contribution in [3.8, 4) is 5.75 Å². The molecule has 2 N–H and O–H groups in total. The molecule has 0 saturated carbocycles. The number of nitrogens with one attached hydrogen (secondary N) is 2. The molecule has 1 amide bonds. The fourth-order valence-electron chi connectivity index (χ4n) is 1.75. The van der Waals surface area contributed by atoms with E-state index in [-0.39, 0.29) is 5.91 Å². The molecule has 0 radical (unpaired) electrons. The quantitative estimate of drug-likeness (QED) is 0.890. The molecule has 0 bridgehead atoms. The molecule has 2 rings (SSSR count). The molecule has 5 heteroatoms. The second-order valence-electron chi connectivity index (χ2n) is 4.46. The maximum Gasteiger partial charge on any atom is 0.257 e. The summed E-state index contributed by atoms with van der Waals surface area (Å²) < 4.78 is 5.21. The first-order valence-electron chi connectivity index (χ1n) is 6.00. The Hall–Kier alpha value is -2.30. The summed E-state index contributed by atoms with van der Waals surface area (Å²) in [4.78, 5) is 12.1. The smallest absolute Gasteiger partial charge is 0.257 e. The number of benzene rings is 1. The number of amides is 1. The first-order chi connectivity index (χ1) is 9.02. The van der Waals surface area contributed by atoms with Crippen LogP contribution in [-0.2, 0) is 0 Å². The number of anilines is 1. The lowest BCUT2D eigenvalue weighted by Crippen LogP contribution is -2.13. The molecular formula is C14H17N3O2. The Morgan fingerprint density at radius 3 is 2.63 bits per heavy atom. The largest absolute Gasteiger partial charge is 0.496 e. The standard InChI is InChI=1S/C14H17N3O2/c1-8-5-6-11(7-12(8)19-4)14(18)15-13-9(2)10(3)16-17-13/h5-7H,1-4H3,(H2,15,16,17,18). The minimum absolute atomic E-state index is 0.201. The molecule has 5 nitrogen and oxygen atoms in total. The molecule has 100 valence electrons. The van der Waals surface area contributed by atoms with E-state index >= 15 is 0 Å². The number of hydrogen-bond donors (Lipinski definition) is 2. The first kappa shape index (κ1) is 13.1. The molecule has 1 aromatic heterocycles. The van der Waals surface area contributed by atoms with Gasteiger partial charge in [-0.3, -0.25) is 9.89 Å². The van der Waals surface area contributed by atoms with E-state index in [9.17, 15) is 4.79 Å². The van der Waals surface area contributed by atoms with E-state index in [2.05, 4.69) is 15.5 Å². The molecule has 0 atom stereocenters. The zero-order valence-corrected chi connectivity index (χ0v) is 11.5. The number of H-pyrrole nitrogens is 1. The second kappa shape index (κ2) is 5.14. The van der Waals surface area contributed by atoms with Crippen LogP contribution in [0.4, 0.5) is 5.82 Å². The lowest BCUT2D eigenvalue weighted by atomic mass is 10.1. The van der Waals surface area contributed by atoms with Crippen LogP contribution in [0.5, 0.6) is 5.75 Å². The average molecular weight is 259 g/mol. The van der Waals surface area contributed by atoms with Crippen LogP contribution in [0.1, 0.15) is 27.2 Å². The van der Waals surface area contributed by atoms with Gasteiger partial charge in [0.1, 0.15) is 5.75 Å². The number of carbonyl (C=O) groups is 1. The Morgan fingerprint density at radius 2 is 2.05 bits per heavy atom. The van der Waals surface area contributed by atoms with Gasteiger partial charge >= 0.3 is 0 Å². The van der Waals surface area contributed by atoms with Crippen LogP contribution in [0.2, 0.25) is 0 Å². The highest BCUT2D eigenvalue weighted by Crippen LogP contribution is 2.20. The molecule has 1 aromatic carbocycles. The van der Waals surface area contributed by atoms with Crippen molar-refractivity contribution >= 4 is 11.7 Å². The number of methoxy groups -OCH3 is 1. The minimum Gasteiger partial charge on any atom is -0.496 e. The highest BCUT2D eigenvalue weighted by molar-refractivity contribution is 6.04. The van der Waals surface area contributed by atoms with E-state index in [0.717, 1.165) is 16.8 Å². The zero-order valence-electron chi connectivity index (χ0n) is 11.5. The molecule has 0 aliphatic heterocycles. The molecule has 2 aromatic rings. The van der Waals surface area contributed by atoms with Gasteiger partial charge in [0, 0.05) is 16.8 Å². The molecule has 0 aliphatic rings. The van der Waals surface area contributed by atoms with Crippen molar-refractivity contribution in [2.45, 2.75) is 20.8 Å². The third kappa shape index (κ3) is 2.59. The molecule has 19 heavy (non-hydrogen) atoms. The Bertz CT molecular complexity index is 617. The molecule has 0 unspecified atom stereocenters. The number of aryl methyl sites for hydroxylation is 2. The number of nitrogens with zero attached hydrogens (tertiary/aromatic N) is 1. The number of hydrogen-bond acceptors (Lipinski definition) is 3. The van der Waals surface area contributed by atoms with Gasteiger partial charge in [-0.2, -0.15) is 5.10 Å². The van der Waals surface area contributed by atoms with Gasteiger partial charge < -0.3 is 10.1 Å². The van der Waals surface area contributed by atoms with Gasteiger partial charge in [0.15, 0.2) is 5.82 Å². The predicted molar refractivity (Wildman–Crippen MR) is 73.7 cm³/mol. The Balaban J connectivity index is 2.23. The van der Waals surface area contributed by atoms with Gasteiger partial charge in [-0.25, -0.2) is 0 Å². The second-order valence-corrected chi connectivity index (χ2v) is 4.46. The summed E-state index contributed by atoms with van der Waals surface area (Å²) in [7, 11) is 1.59. The van der Waals surface area contributed by atoms with Gasteiger partial charge in [-0.1, -0.05) is 6.07 Å². The summed E-state index contributed by atoms with van der Waals surface area (Å²) >= 11 is 0. The highest BCUT2D eigenvalue weighted by atomic mass is 16.5. The van der Waals surface area contributed by atoms with Gasteiger partial charge in [-0.15, -0.1) is 0 Å². The van der Waals surface area contributed by atoms with Crippen molar-refractivity contribution in [1.29, 1.82) is 0 Å². The number of rotatable bonds is 3. The molecule has 0 fully saturated rings. The van der Waals surface area contributed by atoms with Gasteiger partial charge in [0.25, 0.3) is 5.91 Å². The summed E-state index contributed by atoms with van der Waals surface area (Å²) in [5, 5.41) is 9.67. The summed E-state index contributed by atoms with van der Waals surface area (Å²) in [6.45, 7) is 5.75. The zero-order chi connectivity index (χ0) is 14.0. The number of ether oxygens (including phenoxy) is 1. The maximum absolute atomic E-state index is 12.1. The van der Waals surface area contributed by atoms with Gasteiger partial charge in [0.05, 0.1) is 7.11 Å². The van der Waals surface area contributed by atoms with Gasteiger partial charge in [0.2, 0.25) is 0 Å². The van der Waals surface area contributed by atoms with Gasteiger partial charge in [-0.05, 0) is 38.5 Å². The van der Waals surface area contributed by atoms with E-state index in [1.807, 2.05) is 26.8 Å². The SMILES string of the molecule is COc1cc(C(=O)Nc2n[nH]c(C)c2C)ccc1C. The fraction of sp³-hybridized carbons (Fsp3) is 0.286. The Labute approximate surface area is 112 Å². The molecule has 1 heterocycles. The van der Waals surface area contributed by atoms with E-state index in [0.29, 0.717) is 17.1 Å². The van der Waals surface area contributed by atoms with E-state index < -0.39 is 0 Å². The Kier molecular flexibility index (Phi) is 3.55. The minimum atomic E-state index is -0.201. The summed E-state index contributed by atoms with van der Waals surface area (Å²) in [6, 6.07) is 5.35. The Morgan fingerprint density at radius 1 is 1.32 bits per heavy atom. The van der Waals surface area contributed by atoms with E-state index in [4.69, 9.17) is 4.74 Å². The van der Waals surface area contributed by atoms with Crippen LogP contribution in [0, 0.1) is 20.8 Å². The molecule has 0 saturated heterocycles. The van der Waals surface area contributed by atoms with Crippen molar-refractivity contribution < 1.29 is 9.53 Å². The van der Waals surface area contributed by atoms with Crippen molar-refractivity contribution in [2.75, 3.05) is 12.4 Å². The number of aromatic amines is 1. The van der Waals surface area contributed by atoms with Crippen molar-refractivity contribution in [3.05, 3.63) is 40.6 Å². The van der Waals surface area contributed by atoms with Crippen LogP contribution < -0.4 is 10.1 Å². The third-order valence-corrected chi connectivity index (χ3v) is 3.16. The van der Waals surface area contributed by atoms with E-state index in [1.165, 1.54) is 0 Å². The monoisotopic (exact) mass is 259 g/mol. The fourth-order valence-corrected chi connectivity index (χ4v) is 1.75. The van der Waals surface area contributed by atoms with Crippen LogP contribution in [0.25, 0.3) is 0 Å². The molecule has 0 spiro atoms. The normalized spacial score (nSPS) is 10.3. The van der Waals surface area contributed by atoms with E-state index in [1.54, 1.807) is 19.2 Å². The lowest BCUT2D eigenvalue weighted by Gasteiger charge is -2.07. The van der Waals surface area contributed by atoms with Crippen LogP contribution in [-0.4, -0.2) is 23.2 Å². The van der Waals surface area contributed by atoms with Crippen molar-refractivity contribution in [3.63, 3.8) is 0 Å². The highest BCUT2D eigenvalue weighted by Gasteiger charge is 2.12. The maximum atomic E-state index is 12.1. The lowest BCUT2D eigenvalue weighted by molar-refractivity contribution is 0.102. The van der Waals surface area contributed by atoms with Crippen LogP contribution in [0.15, 0.2) is 18.2 Å². The molecule has 0 aliphatic carbocycles. The summed E-state index contributed by atoms with van der Waals surface area (Å²) in [5.74, 6) is 1.05. The summed E-state index contributed by atoms with van der Waals surface area (Å²) in [5.41, 5.74) is 3.41. The topological polar surface area (TPSA) is 67.0 Å². The van der Waals surface area contributed by atoms with Crippen molar-refractivity contribution in [2.24, 2.45) is 0 Å². The third-order valence-electron chi connectivity index (χ3n) is 3.16. The predicted octanol–water partition coefficient (Wildman–Crippen LogP) is 2.60. The average Bonchev–Trinajstić information content (AvgIpc) is 2.71. The number of aromatic nitrogens is 2. The molecular weight excluding hydrogens is 242 g/mol. The van der Waals surface area contributed by atoms with Crippen LogP contribution >= 0.6 is 0 Å². The number of carbonyl (C=O) groups excluding carboxylic acids is 1. The van der Waals surface area contributed by atoms with Crippen LogP contribution in [0.3, 0.4) is 0 Å².